The molecule has 6 heteroatoms. The topological polar surface area (TPSA) is 78.9 Å². The van der Waals surface area contributed by atoms with Gasteiger partial charge in [-0.15, -0.1) is 0 Å². The third-order valence-corrected chi connectivity index (χ3v) is 15.6. The van der Waals surface area contributed by atoms with Crippen LogP contribution in [0.2, 0.25) is 0 Å². The maximum atomic E-state index is 12.9. The Balaban J connectivity index is 4.12. The predicted octanol–water partition coefficient (Wildman–Crippen LogP) is 23.7. The molecule has 0 heterocycles. The van der Waals surface area contributed by atoms with Gasteiger partial charge in [-0.3, -0.25) is 14.4 Å². The van der Waals surface area contributed by atoms with Gasteiger partial charge >= 0.3 is 17.9 Å². The molecule has 78 heavy (non-hydrogen) atoms. The molecular formula is C72H132O6. The van der Waals surface area contributed by atoms with E-state index in [2.05, 4.69) is 69.4 Å². The Morgan fingerprint density at radius 2 is 0.500 bits per heavy atom. The fourth-order valence-corrected chi connectivity index (χ4v) is 10.4. The van der Waals surface area contributed by atoms with Crippen molar-refractivity contribution < 1.29 is 28.6 Å². The van der Waals surface area contributed by atoms with Crippen LogP contribution in [0.3, 0.4) is 0 Å². The van der Waals surface area contributed by atoms with Crippen LogP contribution in [0.4, 0.5) is 0 Å². The number of rotatable bonds is 64. The molecule has 0 saturated heterocycles. The molecule has 0 N–H and O–H groups in total. The number of allylic oxidation sites excluding steroid dienone is 8. The minimum Gasteiger partial charge on any atom is -0.462 e. The van der Waals surface area contributed by atoms with Gasteiger partial charge < -0.3 is 14.2 Å². The van der Waals surface area contributed by atoms with Crippen molar-refractivity contribution in [2.24, 2.45) is 0 Å². The van der Waals surface area contributed by atoms with E-state index in [1.165, 1.54) is 244 Å². The van der Waals surface area contributed by atoms with E-state index in [0.29, 0.717) is 19.3 Å². The first-order valence-corrected chi connectivity index (χ1v) is 34.6. The maximum Gasteiger partial charge on any atom is 0.306 e. The van der Waals surface area contributed by atoms with Crippen molar-refractivity contribution in [1.29, 1.82) is 0 Å². The van der Waals surface area contributed by atoms with Crippen molar-refractivity contribution in [1.82, 2.24) is 0 Å². The SMILES string of the molecule is CC/C=C\C/C=C\C/C=C\CCCCCCCCCC(=O)OC(COC(=O)CCCCCCC/C=C\CCCCC)COC(=O)CCCCCCCCCCCCCCCCCCCCCCCCCCCCCCCCC. The Hall–Kier alpha value is -2.63. The number of unbranched alkanes of at least 4 members (excludes halogenated alkanes) is 45. The second-order valence-electron chi connectivity index (χ2n) is 23.4. The van der Waals surface area contributed by atoms with Crippen LogP contribution in [0.15, 0.2) is 48.6 Å². The van der Waals surface area contributed by atoms with Crippen LogP contribution in [0.5, 0.6) is 0 Å². The van der Waals surface area contributed by atoms with Crippen molar-refractivity contribution in [2.45, 2.75) is 380 Å². The van der Waals surface area contributed by atoms with Crippen LogP contribution in [0.1, 0.15) is 374 Å². The van der Waals surface area contributed by atoms with Gasteiger partial charge in [-0.2, -0.15) is 0 Å². The summed E-state index contributed by atoms with van der Waals surface area (Å²) in [5.41, 5.74) is 0. The van der Waals surface area contributed by atoms with E-state index < -0.39 is 6.10 Å². The second kappa shape index (κ2) is 66.9. The summed E-state index contributed by atoms with van der Waals surface area (Å²) >= 11 is 0. The number of esters is 3. The fourth-order valence-electron chi connectivity index (χ4n) is 10.4. The zero-order chi connectivity index (χ0) is 56.4. The van der Waals surface area contributed by atoms with E-state index in [4.69, 9.17) is 14.2 Å². The lowest BCUT2D eigenvalue weighted by Crippen LogP contribution is -2.30. The highest BCUT2D eigenvalue weighted by atomic mass is 16.6. The molecule has 0 saturated carbocycles. The average molecular weight is 1090 g/mol. The Morgan fingerprint density at radius 1 is 0.269 bits per heavy atom. The van der Waals surface area contributed by atoms with Gasteiger partial charge in [0.25, 0.3) is 0 Å². The number of carbonyl (C=O) groups excluding carboxylic acids is 3. The molecule has 0 fully saturated rings. The summed E-state index contributed by atoms with van der Waals surface area (Å²) in [7, 11) is 0. The van der Waals surface area contributed by atoms with Crippen LogP contribution in [-0.4, -0.2) is 37.2 Å². The number of ether oxygens (including phenoxy) is 3. The van der Waals surface area contributed by atoms with Gasteiger partial charge in [0, 0.05) is 19.3 Å². The summed E-state index contributed by atoms with van der Waals surface area (Å²) in [6.07, 6.45) is 84.4. The molecule has 0 amide bonds. The second-order valence-corrected chi connectivity index (χ2v) is 23.4. The van der Waals surface area contributed by atoms with Gasteiger partial charge in [-0.1, -0.05) is 326 Å². The molecule has 0 aromatic heterocycles. The summed E-state index contributed by atoms with van der Waals surface area (Å²) in [6, 6.07) is 0. The van der Waals surface area contributed by atoms with Gasteiger partial charge in [0.1, 0.15) is 13.2 Å². The lowest BCUT2D eigenvalue weighted by molar-refractivity contribution is -0.167. The van der Waals surface area contributed by atoms with Crippen LogP contribution in [0.25, 0.3) is 0 Å². The molecule has 1 atom stereocenters. The molecule has 0 aromatic rings. The maximum absolute atomic E-state index is 12.9. The van der Waals surface area contributed by atoms with E-state index in [1.807, 2.05) is 0 Å². The van der Waals surface area contributed by atoms with Crippen molar-refractivity contribution >= 4 is 17.9 Å². The Bertz CT molecular complexity index is 1350. The first kappa shape index (κ1) is 75.4. The van der Waals surface area contributed by atoms with Crippen LogP contribution in [-0.2, 0) is 28.6 Å². The summed E-state index contributed by atoms with van der Waals surface area (Å²) in [6.45, 7) is 6.55. The molecule has 456 valence electrons. The van der Waals surface area contributed by atoms with Gasteiger partial charge in [0.15, 0.2) is 6.10 Å². The highest BCUT2D eigenvalue weighted by Gasteiger charge is 2.19. The number of carbonyl (C=O) groups is 3. The third-order valence-electron chi connectivity index (χ3n) is 15.6. The molecule has 0 rings (SSSR count). The molecule has 0 aromatic carbocycles. The van der Waals surface area contributed by atoms with Crippen molar-refractivity contribution in [3.8, 4) is 0 Å². The smallest absolute Gasteiger partial charge is 0.306 e. The molecule has 0 aliphatic heterocycles. The molecule has 0 aliphatic rings. The fraction of sp³-hybridized carbons (Fsp3) is 0.847. The first-order valence-electron chi connectivity index (χ1n) is 34.6. The van der Waals surface area contributed by atoms with Crippen LogP contribution < -0.4 is 0 Å². The van der Waals surface area contributed by atoms with E-state index in [1.54, 1.807) is 0 Å². The van der Waals surface area contributed by atoms with Gasteiger partial charge in [-0.05, 0) is 77.0 Å². The number of hydrogen-bond acceptors (Lipinski definition) is 6. The highest BCUT2D eigenvalue weighted by Crippen LogP contribution is 2.18. The lowest BCUT2D eigenvalue weighted by Gasteiger charge is -2.18. The molecule has 0 bridgehead atoms. The monoisotopic (exact) mass is 1090 g/mol. The summed E-state index contributed by atoms with van der Waals surface area (Å²) < 4.78 is 16.9. The van der Waals surface area contributed by atoms with E-state index in [0.717, 1.165) is 89.9 Å². The van der Waals surface area contributed by atoms with Gasteiger partial charge in [0.05, 0.1) is 0 Å². The molecule has 0 spiro atoms. The highest BCUT2D eigenvalue weighted by molar-refractivity contribution is 5.71. The normalized spacial score (nSPS) is 12.3. The minimum absolute atomic E-state index is 0.0763. The van der Waals surface area contributed by atoms with Crippen molar-refractivity contribution in [2.75, 3.05) is 13.2 Å². The zero-order valence-corrected chi connectivity index (χ0v) is 52.5. The van der Waals surface area contributed by atoms with Gasteiger partial charge in [-0.25, -0.2) is 0 Å². The Morgan fingerprint density at radius 3 is 0.821 bits per heavy atom. The summed E-state index contributed by atoms with van der Waals surface area (Å²) in [5.74, 6) is -0.875. The van der Waals surface area contributed by atoms with E-state index >= 15 is 0 Å². The molecule has 6 nitrogen and oxygen atoms in total. The lowest BCUT2D eigenvalue weighted by atomic mass is 10.0. The minimum atomic E-state index is -0.781. The predicted molar refractivity (Wildman–Crippen MR) is 339 cm³/mol. The largest absolute Gasteiger partial charge is 0.462 e. The molecule has 0 aliphatic carbocycles. The summed E-state index contributed by atoms with van der Waals surface area (Å²) in [5, 5.41) is 0. The van der Waals surface area contributed by atoms with Crippen molar-refractivity contribution in [3.05, 3.63) is 48.6 Å². The molecular weight excluding hydrogens is 961 g/mol. The zero-order valence-electron chi connectivity index (χ0n) is 52.5. The summed E-state index contributed by atoms with van der Waals surface area (Å²) in [4.78, 5) is 38.3. The van der Waals surface area contributed by atoms with E-state index in [-0.39, 0.29) is 31.1 Å². The van der Waals surface area contributed by atoms with Crippen LogP contribution >= 0.6 is 0 Å². The molecule has 1 unspecified atom stereocenters. The van der Waals surface area contributed by atoms with E-state index in [9.17, 15) is 14.4 Å². The first-order chi connectivity index (χ1) is 38.5. The average Bonchev–Trinajstić information content (AvgIpc) is 3.44. The van der Waals surface area contributed by atoms with Crippen LogP contribution in [0, 0.1) is 0 Å². The Labute approximate surface area is 486 Å². The quantitative estimate of drug-likeness (QED) is 0.0261. The Kier molecular flexibility index (Phi) is 64.6. The molecule has 0 radical (unpaired) electrons. The third kappa shape index (κ3) is 64.2. The number of hydrogen-bond donors (Lipinski definition) is 0. The van der Waals surface area contributed by atoms with Gasteiger partial charge in [0.2, 0.25) is 0 Å². The van der Waals surface area contributed by atoms with Crippen molar-refractivity contribution in [3.63, 3.8) is 0 Å². The standard InChI is InChI=1S/C72H132O6/c1-4-7-10-13-16-19-22-25-27-29-30-31-32-33-34-35-36-37-38-39-40-41-42-44-45-47-50-53-56-59-62-65-71(74)77-68-69(67-76-70(73)64-61-58-55-52-49-24-21-18-15-12-9-6-3)78-72(75)66-63-60-57-54-51-48-46-43-28-26-23-20-17-14-11-8-5-2/h8,11,17-18,20-21,26,28,69H,4-7,9-10,12-16,19,22-25,27,29-68H2,1-3H3/b11-8-,20-17-,21-18-,28-26-.